The Labute approximate surface area is 127 Å². The minimum Gasteiger partial charge on any atom is -0.393 e. The van der Waals surface area contributed by atoms with Crippen LogP contribution in [0.4, 0.5) is 0 Å². The van der Waals surface area contributed by atoms with Crippen LogP contribution in [0.5, 0.6) is 0 Å². The lowest BCUT2D eigenvalue weighted by atomic mass is 9.80. The highest BCUT2D eigenvalue weighted by Crippen LogP contribution is 2.76. The summed E-state index contributed by atoms with van der Waals surface area (Å²) in [5.41, 5.74) is 0.402. The lowest BCUT2D eigenvalue weighted by Gasteiger charge is -2.33. The van der Waals surface area contributed by atoms with Gasteiger partial charge in [0.15, 0.2) is 4.33 Å². The molecule has 0 unspecified atom stereocenters. The number of fused-ring (bicyclic) bond motifs is 5. The Hall–Kier alpha value is 0.330. The van der Waals surface area contributed by atoms with E-state index >= 15 is 0 Å². The molecule has 18 heavy (non-hydrogen) atoms. The molecule has 3 nitrogen and oxygen atoms in total. The molecule has 2 aliphatic carbocycles. The van der Waals surface area contributed by atoms with E-state index < -0.39 is 37.9 Å². The van der Waals surface area contributed by atoms with E-state index in [0.717, 1.165) is 0 Å². The topological polar surface area (TPSA) is 43.4 Å². The molecule has 0 aromatic heterocycles. The van der Waals surface area contributed by atoms with Gasteiger partial charge in [0.1, 0.15) is 15.7 Å². The molecule has 4 atom stereocenters. The zero-order chi connectivity index (χ0) is 13.7. The van der Waals surface area contributed by atoms with Crippen molar-refractivity contribution in [3.63, 3.8) is 0 Å². The van der Waals surface area contributed by atoms with E-state index in [2.05, 4.69) is 4.74 Å². The third kappa shape index (κ3) is 0.988. The van der Waals surface area contributed by atoms with E-state index in [-0.39, 0.29) is 5.03 Å². The van der Waals surface area contributed by atoms with Crippen molar-refractivity contribution in [3.8, 4) is 0 Å². The summed E-state index contributed by atoms with van der Waals surface area (Å²) in [7, 11) is 0. The molecule has 0 spiro atoms. The van der Waals surface area contributed by atoms with Crippen LogP contribution < -0.4 is 0 Å². The maximum absolute atomic E-state index is 11.8. The van der Waals surface area contributed by atoms with Crippen molar-refractivity contribution in [2.75, 3.05) is 0 Å². The van der Waals surface area contributed by atoms with E-state index in [0.29, 0.717) is 5.57 Å². The van der Waals surface area contributed by atoms with Crippen LogP contribution >= 0.6 is 58.0 Å². The minimum absolute atomic E-state index is 0.108. The lowest BCUT2D eigenvalue weighted by molar-refractivity contribution is -0.154. The fraction of sp³-hybridized carbons (Fsp3) is 0.600. The van der Waals surface area contributed by atoms with E-state index in [1.807, 2.05) is 0 Å². The van der Waals surface area contributed by atoms with Gasteiger partial charge in [0, 0.05) is 5.03 Å². The molecule has 1 saturated carbocycles. The molecule has 1 aliphatic heterocycles. The molecule has 2 fully saturated rings. The first-order valence-electron chi connectivity index (χ1n) is 5.00. The zero-order valence-electron chi connectivity index (χ0n) is 8.77. The fourth-order valence-corrected chi connectivity index (χ4v) is 5.62. The van der Waals surface area contributed by atoms with Crippen LogP contribution in [0.15, 0.2) is 10.6 Å². The molecule has 3 aliphatic rings. The lowest BCUT2D eigenvalue weighted by Crippen LogP contribution is -2.47. The van der Waals surface area contributed by atoms with E-state index in [4.69, 9.17) is 58.0 Å². The predicted octanol–water partition coefficient (Wildman–Crippen LogP) is 2.97. The summed E-state index contributed by atoms with van der Waals surface area (Å²) >= 11 is 31.5. The average Bonchev–Trinajstić information content (AvgIpc) is 2.68. The van der Waals surface area contributed by atoms with Crippen LogP contribution in [0.25, 0.3) is 0 Å². The van der Waals surface area contributed by atoms with E-state index in [1.54, 1.807) is 6.92 Å². The normalized spacial score (nSPS) is 48.8. The van der Waals surface area contributed by atoms with Crippen molar-refractivity contribution in [2.45, 2.75) is 21.0 Å². The van der Waals surface area contributed by atoms with Gasteiger partial charge in [0.05, 0.1) is 5.92 Å². The maximum Gasteiger partial charge on any atom is 0.319 e. The number of hydrogen-bond acceptors (Lipinski definition) is 3. The maximum atomic E-state index is 11.8. The van der Waals surface area contributed by atoms with Gasteiger partial charge in [0.2, 0.25) is 0 Å². The van der Waals surface area contributed by atoms with Crippen LogP contribution in [0, 0.1) is 11.8 Å². The number of carbonyl (C=O) groups excluding carboxylic acids is 2. The molecule has 0 amide bonds. The van der Waals surface area contributed by atoms with Crippen LogP contribution in [0.3, 0.4) is 0 Å². The number of carbonyl (C=O) groups is 2. The molecule has 1 saturated heterocycles. The predicted molar refractivity (Wildman–Crippen MR) is 68.2 cm³/mol. The van der Waals surface area contributed by atoms with Gasteiger partial charge in [-0.25, -0.2) is 0 Å². The van der Waals surface area contributed by atoms with Gasteiger partial charge in [0.25, 0.3) is 0 Å². The first-order chi connectivity index (χ1) is 8.11. The van der Waals surface area contributed by atoms with Gasteiger partial charge >= 0.3 is 11.9 Å². The third-order valence-electron chi connectivity index (χ3n) is 4.01. The molecule has 1 heterocycles. The van der Waals surface area contributed by atoms with Gasteiger partial charge in [-0.3, -0.25) is 9.59 Å². The number of alkyl halides is 4. The molecule has 0 N–H and O–H groups in total. The van der Waals surface area contributed by atoms with Gasteiger partial charge in [-0.15, -0.1) is 23.2 Å². The highest BCUT2D eigenvalue weighted by molar-refractivity contribution is 6.64. The quantitative estimate of drug-likeness (QED) is 0.383. The fourth-order valence-electron chi connectivity index (χ4n) is 3.11. The van der Waals surface area contributed by atoms with Crippen LogP contribution in [0.1, 0.15) is 6.92 Å². The number of halogens is 5. The number of ether oxygens (including phenoxy) is 1. The van der Waals surface area contributed by atoms with E-state index in [1.165, 1.54) is 0 Å². The molecule has 0 radical (unpaired) electrons. The number of cyclic esters (lactones) is 2. The van der Waals surface area contributed by atoms with Crippen LogP contribution in [-0.4, -0.2) is 26.0 Å². The van der Waals surface area contributed by atoms with Gasteiger partial charge in [-0.2, -0.15) is 0 Å². The van der Waals surface area contributed by atoms with Crippen molar-refractivity contribution >= 4 is 69.9 Å². The minimum atomic E-state index is -1.76. The monoisotopic (exact) mass is 348 g/mol. The Morgan fingerprint density at radius 2 is 1.44 bits per heavy atom. The second-order valence-electron chi connectivity index (χ2n) is 4.63. The first-order valence-corrected chi connectivity index (χ1v) is 6.89. The Kier molecular flexibility index (Phi) is 2.45. The molecular formula is C10H5Cl5O3. The summed E-state index contributed by atoms with van der Waals surface area (Å²) in [6.45, 7) is 1.59. The molecule has 98 valence electrons. The van der Waals surface area contributed by atoms with Crippen LogP contribution in [0.2, 0.25) is 0 Å². The zero-order valence-corrected chi connectivity index (χ0v) is 12.5. The molecule has 3 rings (SSSR count). The number of hydrogen-bond donors (Lipinski definition) is 0. The highest BCUT2D eigenvalue weighted by atomic mass is 35.5. The third-order valence-corrected chi connectivity index (χ3v) is 7.77. The summed E-state index contributed by atoms with van der Waals surface area (Å²) in [5.74, 6) is -3.63. The number of rotatable bonds is 0. The van der Waals surface area contributed by atoms with E-state index in [9.17, 15) is 9.59 Å². The largest absolute Gasteiger partial charge is 0.393 e. The Bertz CT molecular complexity index is 498. The average molecular weight is 350 g/mol. The summed E-state index contributed by atoms with van der Waals surface area (Å²) in [6, 6.07) is 0. The summed E-state index contributed by atoms with van der Waals surface area (Å²) in [5, 5.41) is 0.108. The Balaban J connectivity index is 2.37. The Morgan fingerprint density at radius 1 is 1.00 bits per heavy atom. The first kappa shape index (κ1) is 13.3. The summed E-state index contributed by atoms with van der Waals surface area (Å²) < 4.78 is 2.82. The molecule has 8 heteroatoms. The molecular weight excluding hydrogens is 345 g/mol. The van der Waals surface area contributed by atoms with Crippen LogP contribution in [-0.2, 0) is 14.3 Å². The molecule has 0 aromatic rings. The van der Waals surface area contributed by atoms with Crippen molar-refractivity contribution in [1.29, 1.82) is 0 Å². The second kappa shape index (κ2) is 3.32. The van der Waals surface area contributed by atoms with Crippen molar-refractivity contribution in [3.05, 3.63) is 10.6 Å². The van der Waals surface area contributed by atoms with Gasteiger partial charge < -0.3 is 4.74 Å². The van der Waals surface area contributed by atoms with Crippen molar-refractivity contribution < 1.29 is 14.3 Å². The summed E-state index contributed by atoms with van der Waals surface area (Å²) in [6.07, 6.45) is 0. The van der Waals surface area contributed by atoms with Gasteiger partial charge in [-0.05, 0) is 12.5 Å². The molecule has 0 aromatic carbocycles. The smallest absolute Gasteiger partial charge is 0.319 e. The van der Waals surface area contributed by atoms with Crippen molar-refractivity contribution in [1.82, 2.24) is 0 Å². The SMILES string of the molecule is CC1=C(Cl)[C@]2(Cl)[C@@H]3C(=O)OC(=O)[C@@H]3[C@@]1(Cl)C2(Cl)Cl. The summed E-state index contributed by atoms with van der Waals surface area (Å²) in [4.78, 5) is 20.4. The second-order valence-corrected chi connectivity index (χ2v) is 7.53. The molecule has 2 bridgehead atoms. The number of esters is 2. The standard InChI is InChI=1S/C10H5Cl5O3/c1-2-5(11)9(13)4-3(6(16)18-7(4)17)8(2,12)10(9,14)15/h3-4H,1H3/t3-,4+,8-,9-/m1/s1. The van der Waals surface area contributed by atoms with Crippen molar-refractivity contribution in [2.24, 2.45) is 11.8 Å². The Morgan fingerprint density at radius 3 is 1.94 bits per heavy atom. The highest BCUT2D eigenvalue weighted by Gasteiger charge is 2.86. The number of allylic oxidation sites excluding steroid dienone is 2. The van der Waals surface area contributed by atoms with Gasteiger partial charge in [-0.1, -0.05) is 34.8 Å².